The summed E-state index contributed by atoms with van der Waals surface area (Å²) >= 11 is 0. The average Bonchev–Trinajstić information content (AvgIpc) is 3.62. The number of ether oxygens (including phenoxy) is 1. The second-order valence-corrected chi connectivity index (χ2v) is 9.32. The van der Waals surface area contributed by atoms with E-state index in [0.717, 1.165) is 51.3 Å². The molecule has 7 rings (SSSR count). The van der Waals surface area contributed by atoms with Crippen molar-refractivity contribution in [3.05, 3.63) is 114 Å². The molecule has 5 aromatic rings. The summed E-state index contributed by atoms with van der Waals surface area (Å²) in [4.78, 5) is 12.5. The summed E-state index contributed by atoms with van der Waals surface area (Å²) < 4.78 is 13.6. The van der Waals surface area contributed by atoms with Crippen molar-refractivity contribution in [3.63, 3.8) is 0 Å². The molecule has 1 atom stereocenters. The van der Waals surface area contributed by atoms with E-state index >= 15 is 0 Å². The molecule has 192 valence electrons. The number of nitrogens with one attached hydrogen (secondary N) is 1. The molecule has 0 aliphatic carbocycles. The third kappa shape index (κ3) is 3.88. The molecule has 2 aromatic heterocycles. The minimum Gasteiger partial charge on any atom is -0.494 e. The predicted octanol–water partition coefficient (Wildman–Crippen LogP) is 6.97. The van der Waals surface area contributed by atoms with E-state index in [-0.39, 0.29) is 6.04 Å². The van der Waals surface area contributed by atoms with Crippen LogP contribution in [0.1, 0.15) is 30.0 Å². The van der Waals surface area contributed by atoms with E-state index in [1.54, 1.807) is 6.26 Å². The van der Waals surface area contributed by atoms with Gasteiger partial charge in [0.2, 0.25) is 0 Å². The molecule has 0 amide bonds. The summed E-state index contributed by atoms with van der Waals surface area (Å²) in [6.45, 7) is 4.62. The zero-order valence-electron chi connectivity index (χ0n) is 21.6. The summed E-state index contributed by atoms with van der Waals surface area (Å²) in [6, 6.07) is 29.7. The summed E-state index contributed by atoms with van der Waals surface area (Å²) in [5.41, 5.74) is 5.50. The highest BCUT2D eigenvalue weighted by atomic mass is 16.5. The van der Waals surface area contributed by atoms with Gasteiger partial charge in [-0.15, -0.1) is 0 Å². The molecule has 3 aromatic carbocycles. The van der Waals surface area contributed by atoms with Crippen molar-refractivity contribution in [1.82, 2.24) is 9.78 Å². The summed E-state index contributed by atoms with van der Waals surface area (Å²) in [7, 11) is 0. The van der Waals surface area contributed by atoms with E-state index < -0.39 is 0 Å². The number of hydrogen-bond donors (Lipinski definition) is 1. The fourth-order valence-corrected chi connectivity index (χ4v) is 5.20. The first-order valence-corrected chi connectivity index (χ1v) is 13.0. The molecule has 2 aliphatic rings. The monoisotopic (exact) mass is 514 g/mol. The van der Waals surface area contributed by atoms with Gasteiger partial charge in [0.05, 0.1) is 41.2 Å². The lowest BCUT2D eigenvalue weighted by molar-refractivity contribution is 0.340. The molecule has 0 radical (unpaired) electrons. The van der Waals surface area contributed by atoms with Crippen LogP contribution in [0.4, 0.5) is 22.9 Å². The molecule has 0 saturated heterocycles. The molecule has 0 saturated carbocycles. The minimum atomic E-state index is -0.284. The van der Waals surface area contributed by atoms with Crippen molar-refractivity contribution in [2.24, 2.45) is 9.98 Å². The summed E-state index contributed by atoms with van der Waals surface area (Å²) in [5, 5.41) is 8.45. The second kappa shape index (κ2) is 9.33. The predicted molar refractivity (Wildman–Crippen MR) is 153 cm³/mol. The van der Waals surface area contributed by atoms with Crippen molar-refractivity contribution < 1.29 is 9.15 Å². The number of furan rings is 1. The molecule has 1 N–H and O–H groups in total. The van der Waals surface area contributed by atoms with Gasteiger partial charge in [0.15, 0.2) is 17.5 Å². The van der Waals surface area contributed by atoms with Gasteiger partial charge in [-0.2, -0.15) is 5.10 Å². The lowest BCUT2D eigenvalue weighted by Crippen LogP contribution is -2.46. The smallest absolute Gasteiger partial charge is 0.179 e. The topological polar surface area (TPSA) is 80.2 Å². The number of aliphatic imine (C=N–C) groups is 2. The maximum atomic E-state index is 6.05. The number of anilines is 2. The molecule has 0 bridgehead atoms. The van der Waals surface area contributed by atoms with Crippen molar-refractivity contribution in [1.29, 1.82) is 0 Å². The number of aromatic nitrogens is 2. The Hall–Kier alpha value is -5.11. The Labute approximate surface area is 225 Å². The number of hydrogen-bond acceptors (Lipinski definition) is 7. The van der Waals surface area contributed by atoms with Gasteiger partial charge in [-0.3, -0.25) is 0 Å². The van der Waals surface area contributed by atoms with E-state index in [0.29, 0.717) is 18.3 Å². The van der Waals surface area contributed by atoms with E-state index in [1.807, 2.05) is 103 Å². The molecular weight excluding hydrogens is 488 g/mol. The maximum Gasteiger partial charge on any atom is 0.179 e. The zero-order valence-corrected chi connectivity index (χ0v) is 21.6. The summed E-state index contributed by atoms with van der Waals surface area (Å²) in [6.07, 6.45) is 1.71. The lowest BCUT2D eigenvalue weighted by atomic mass is 9.98. The molecule has 8 heteroatoms. The van der Waals surface area contributed by atoms with Gasteiger partial charge in [-0.1, -0.05) is 30.3 Å². The Kier molecular flexibility index (Phi) is 5.51. The molecule has 39 heavy (non-hydrogen) atoms. The zero-order chi connectivity index (χ0) is 26.3. The van der Waals surface area contributed by atoms with E-state index in [9.17, 15) is 0 Å². The minimum absolute atomic E-state index is 0.284. The van der Waals surface area contributed by atoms with Gasteiger partial charge in [-0.05, 0) is 74.5 Å². The van der Waals surface area contributed by atoms with E-state index in [4.69, 9.17) is 24.2 Å². The average molecular weight is 515 g/mol. The molecule has 1 unspecified atom stereocenters. The number of aryl methyl sites for hydroxylation is 1. The number of fused-ring (bicyclic) bond motifs is 4. The first-order chi connectivity index (χ1) is 19.2. The van der Waals surface area contributed by atoms with Crippen LogP contribution >= 0.6 is 0 Å². The molecule has 0 fully saturated rings. The van der Waals surface area contributed by atoms with Crippen LogP contribution in [0.15, 0.2) is 112 Å². The molecule has 8 nitrogen and oxygen atoms in total. The highest BCUT2D eigenvalue weighted by Crippen LogP contribution is 2.48. The lowest BCUT2D eigenvalue weighted by Gasteiger charge is -2.39. The van der Waals surface area contributed by atoms with E-state index in [2.05, 4.69) is 16.3 Å². The molecule has 2 aliphatic heterocycles. The first-order valence-electron chi connectivity index (χ1n) is 13.0. The van der Waals surface area contributed by atoms with Crippen molar-refractivity contribution in [2.45, 2.75) is 19.9 Å². The number of amidine groups is 2. The highest BCUT2D eigenvalue weighted by Gasteiger charge is 2.42. The Balaban J connectivity index is 1.43. The second-order valence-electron chi connectivity index (χ2n) is 9.32. The van der Waals surface area contributed by atoms with Gasteiger partial charge >= 0.3 is 0 Å². The normalized spacial score (nSPS) is 15.5. The van der Waals surface area contributed by atoms with Crippen LogP contribution in [0.3, 0.4) is 0 Å². The number of nitrogens with zero attached hydrogens (tertiary/aromatic N) is 5. The Morgan fingerprint density at radius 2 is 1.69 bits per heavy atom. The summed E-state index contributed by atoms with van der Waals surface area (Å²) in [5.74, 6) is 3.70. The van der Waals surface area contributed by atoms with E-state index in [1.165, 1.54) is 0 Å². The van der Waals surface area contributed by atoms with Crippen molar-refractivity contribution in [3.8, 4) is 11.4 Å². The van der Waals surface area contributed by atoms with Crippen LogP contribution < -0.4 is 15.0 Å². The standard InChI is InChI=1S/C31H26N6O2/c1-3-38-23-17-15-21(16-18-23)32-29-31-34-30-27(20(2)35-37(30)22-10-5-4-6-11-22)28(26-14-9-19-39-26)36(31)25-13-8-7-12-24(25)33-29/h4-19,28H,3H2,1-2H3,(H,32,33). The van der Waals surface area contributed by atoms with Crippen LogP contribution in [-0.4, -0.2) is 28.1 Å². The molecular formula is C31H26N6O2. The van der Waals surface area contributed by atoms with Crippen LogP contribution in [0.25, 0.3) is 5.69 Å². The fraction of sp³-hybridized carbons (Fsp3) is 0.129. The maximum absolute atomic E-state index is 6.05. The molecule has 4 heterocycles. The number of rotatable bonds is 5. The van der Waals surface area contributed by atoms with Crippen molar-refractivity contribution in [2.75, 3.05) is 16.8 Å². The third-order valence-electron chi connectivity index (χ3n) is 6.88. The van der Waals surface area contributed by atoms with Crippen LogP contribution in [0.5, 0.6) is 5.75 Å². The largest absolute Gasteiger partial charge is 0.494 e. The Bertz CT molecular complexity index is 1700. The number of para-hydroxylation sites is 3. The van der Waals surface area contributed by atoms with Gasteiger partial charge < -0.3 is 19.4 Å². The van der Waals surface area contributed by atoms with Gasteiger partial charge in [0.1, 0.15) is 17.6 Å². The Morgan fingerprint density at radius 1 is 0.897 bits per heavy atom. The Morgan fingerprint density at radius 3 is 2.46 bits per heavy atom. The number of benzene rings is 3. The third-order valence-corrected chi connectivity index (χ3v) is 6.88. The molecule has 0 spiro atoms. The van der Waals surface area contributed by atoms with Crippen LogP contribution in [-0.2, 0) is 0 Å². The van der Waals surface area contributed by atoms with Gasteiger partial charge in [0, 0.05) is 5.69 Å². The van der Waals surface area contributed by atoms with Crippen molar-refractivity contribution >= 4 is 34.6 Å². The first kappa shape index (κ1) is 23.0. The van der Waals surface area contributed by atoms with Crippen LogP contribution in [0.2, 0.25) is 0 Å². The van der Waals surface area contributed by atoms with Gasteiger partial charge in [0.25, 0.3) is 0 Å². The van der Waals surface area contributed by atoms with Crippen LogP contribution in [0, 0.1) is 6.92 Å². The van der Waals surface area contributed by atoms with Gasteiger partial charge in [-0.25, -0.2) is 14.7 Å². The fourth-order valence-electron chi connectivity index (χ4n) is 5.20. The SMILES string of the molecule is CCOc1ccc(NC2=Nc3ccccc3N3C2=Nc2c(c(C)nn2-c2ccccc2)C3c2ccco2)cc1. The quantitative estimate of drug-likeness (QED) is 0.274. The highest BCUT2D eigenvalue weighted by molar-refractivity contribution is 6.51.